The molecule has 0 bridgehead atoms. The first-order chi connectivity index (χ1) is 6.65. The van der Waals surface area contributed by atoms with Gasteiger partial charge in [-0.05, 0) is 37.8 Å². The summed E-state index contributed by atoms with van der Waals surface area (Å²) in [5, 5.41) is 0. The van der Waals surface area contributed by atoms with Gasteiger partial charge in [0.25, 0.3) is 0 Å². The van der Waals surface area contributed by atoms with E-state index in [1.54, 1.807) is 0 Å². The molecular weight excluding hydrogens is 172 g/mol. The second-order valence-corrected chi connectivity index (χ2v) is 4.43. The summed E-state index contributed by atoms with van der Waals surface area (Å²) in [6.07, 6.45) is 5.43. The van der Waals surface area contributed by atoms with Gasteiger partial charge in [0.1, 0.15) is 0 Å². The molecule has 14 heavy (non-hydrogen) atoms. The summed E-state index contributed by atoms with van der Waals surface area (Å²) in [5.74, 6) is 0.496. The maximum atomic E-state index is 6.24. The zero-order chi connectivity index (χ0) is 10.2. The third kappa shape index (κ3) is 1.67. The van der Waals surface area contributed by atoms with Gasteiger partial charge in [0.05, 0.1) is 0 Å². The Morgan fingerprint density at radius 2 is 2.21 bits per heavy atom. The van der Waals surface area contributed by atoms with Crippen LogP contribution in [0.1, 0.15) is 43.4 Å². The summed E-state index contributed by atoms with van der Waals surface area (Å²) < 4.78 is 0. The number of hydrogen-bond acceptors (Lipinski definition) is 2. The molecule has 1 unspecified atom stereocenters. The van der Waals surface area contributed by atoms with Crippen LogP contribution >= 0.6 is 0 Å². The topological polar surface area (TPSA) is 38.9 Å². The van der Waals surface area contributed by atoms with Crippen LogP contribution < -0.4 is 5.73 Å². The maximum absolute atomic E-state index is 6.24. The Balaban J connectivity index is 2.23. The molecule has 0 aliphatic heterocycles. The molecule has 0 radical (unpaired) electrons. The van der Waals surface area contributed by atoms with E-state index in [-0.39, 0.29) is 5.54 Å². The van der Waals surface area contributed by atoms with Crippen molar-refractivity contribution in [3.63, 3.8) is 0 Å². The van der Waals surface area contributed by atoms with Gasteiger partial charge >= 0.3 is 0 Å². The standard InChI is InChI=1S/C12H18N2/c1-3-11(12(13)6-7-12)10-5-4-9(2)14-8-10/h4-5,8,11H,3,6-7,13H2,1-2H3. The van der Waals surface area contributed by atoms with E-state index in [4.69, 9.17) is 5.73 Å². The molecule has 1 aromatic rings. The van der Waals surface area contributed by atoms with Crippen molar-refractivity contribution in [2.75, 3.05) is 0 Å². The van der Waals surface area contributed by atoms with Crippen LogP contribution in [0.15, 0.2) is 18.3 Å². The number of nitrogens with zero attached hydrogens (tertiary/aromatic N) is 1. The molecule has 1 aromatic heterocycles. The fourth-order valence-corrected chi connectivity index (χ4v) is 2.15. The Morgan fingerprint density at radius 3 is 2.64 bits per heavy atom. The van der Waals surface area contributed by atoms with Crippen LogP contribution in [0.3, 0.4) is 0 Å². The van der Waals surface area contributed by atoms with Crippen LogP contribution in [-0.4, -0.2) is 10.5 Å². The minimum absolute atomic E-state index is 0.0751. The third-order valence-electron chi connectivity index (χ3n) is 3.27. The summed E-state index contributed by atoms with van der Waals surface area (Å²) in [5.41, 5.74) is 8.70. The molecule has 1 heterocycles. The smallest absolute Gasteiger partial charge is 0.0372 e. The Bertz CT molecular complexity index is 312. The van der Waals surface area contributed by atoms with Gasteiger partial charge in [0.15, 0.2) is 0 Å². The van der Waals surface area contributed by atoms with Crippen LogP contribution in [0.2, 0.25) is 0 Å². The molecule has 1 saturated carbocycles. The quantitative estimate of drug-likeness (QED) is 0.794. The highest BCUT2D eigenvalue weighted by molar-refractivity contribution is 5.25. The lowest BCUT2D eigenvalue weighted by Crippen LogP contribution is -2.30. The van der Waals surface area contributed by atoms with Crippen LogP contribution in [0.25, 0.3) is 0 Å². The van der Waals surface area contributed by atoms with Gasteiger partial charge in [-0.1, -0.05) is 13.0 Å². The molecule has 2 nitrogen and oxygen atoms in total. The fourth-order valence-electron chi connectivity index (χ4n) is 2.15. The van der Waals surface area contributed by atoms with E-state index in [0.29, 0.717) is 5.92 Å². The van der Waals surface area contributed by atoms with Gasteiger partial charge in [-0.15, -0.1) is 0 Å². The van der Waals surface area contributed by atoms with Gasteiger partial charge < -0.3 is 5.73 Å². The van der Waals surface area contributed by atoms with Crippen molar-refractivity contribution < 1.29 is 0 Å². The molecule has 1 atom stereocenters. The highest BCUT2D eigenvalue weighted by atomic mass is 14.8. The zero-order valence-corrected chi connectivity index (χ0v) is 8.96. The number of pyridine rings is 1. The van der Waals surface area contributed by atoms with Crippen molar-refractivity contribution in [2.45, 2.75) is 44.6 Å². The van der Waals surface area contributed by atoms with E-state index < -0.39 is 0 Å². The Morgan fingerprint density at radius 1 is 1.50 bits per heavy atom. The zero-order valence-electron chi connectivity index (χ0n) is 8.96. The average molecular weight is 190 g/mol. The number of rotatable bonds is 3. The SMILES string of the molecule is CCC(c1ccc(C)nc1)C1(N)CC1. The summed E-state index contributed by atoms with van der Waals surface area (Å²) in [4.78, 5) is 4.33. The van der Waals surface area contributed by atoms with Gasteiger partial charge in [-0.3, -0.25) is 4.98 Å². The first-order valence-electron chi connectivity index (χ1n) is 5.37. The van der Waals surface area contributed by atoms with E-state index in [0.717, 1.165) is 12.1 Å². The highest BCUT2D eigenvalue weighted by Gasteiger charge is 2.45. The first kappa shape index (κ1) is 9.66. The number of nitrogens with two attached hydrogens (primary N) is 1. The van der Waals surface area contributed by atoms with E-state index in [1.165, 1.54) is 18.4 Å². The largest absolute Gasteiger partial charge is 0.325 e. The van der Waals surface area contributed by atoms with Crippen molar-refractivity contribution in [3.05, 3.63) is 29.6 Å². The molecule has 1 aliphatic carbocycles. The predicted octanol–water partition coefficient (Wildman–Crippen LogP) is 2.37. The first-order valence-corrected chi connectivity index (χ1v) is 5.37. The highest BCUT2D eigenvalue weighted by Crippen LogP contribution is 2.46. The molecule has 2 rings (SSSR count). The van der Waals surface area contributed by atoms with E-state index >= 15 is 0 Å². The van der Waals surface area contributed by atoms with Crippen molar-refractivity contribution in [2.24, 2.45) is 5.73 Å². The molecule has 1 fully saturated rings. The van der Waals surface area contributed by atoms with E-state index in [1.807, 2.05) is 13.1 Å². The van der Waals surface area contributed by atoms with Crippen LogP contribution in [0.5, 0.6) is 0 Å². The van der Waals surface area contributed by atoms with Gasteiger partial charge in [0.2, 0.25) is 0 Å². The Kier molecular flexibility index (Phi) is 2.31. The Hall–Kier alpha value is -0.890. The lowest BCUT2D eigenvalue weighted by Gasteiger charge is -2.22. The summed E-state index contributed by atoms with van der Waals surface area (Å²) in [6, 6.07) is 4.24. The van der Waals surface area contributed by atoms with Crippen molar-refractivity contribution in [3.8, 4) is 0 Å². The second kappa shape index (κ2) is 3.35. The van der Waals surface area contributed by atoms with E-state index in [9.17, 15) is 0 Å². The average Bonchev–Trinajstić information content (AvgIpc) is 2.89. The normalized spacial score (nSPS) is 20.5. The van der Waals surface area contributed by atoms with Crippen LogP contribution in [0, 0.1) is 6.92 Å². The molecule has 0 aromatic carbocycles. The predicted molar refractivity (Wildman–Crippen MR) is 58.2 cm³/mol. The second-order valence-electron chi connectivity index (χ2n) is 4.43. The molecule has 0 amide bonds. The number of aromatic nitrogens is 1. The molecule has 1 aliphatic rings. The third-order valence-corrected chi connectivity index (χ3v) is 3.27. The van der Waals surface area contributed by atoms with Gasteiger partial charge in [-0.25, -0.2) is 0 Å². The van der Waals surface area contributed by atoms with Crippen LogP contribution in [0.4, 0.5) is 0 Å². The summed E-state index contributed by atoms with van der Waals surface area (Å²) in [6.45, 7) is 4.22. The van der Waals surface area contributed by atoms with Crippen LogP contribution in [-0.2, 0) is 0 Å². The molecule has 2 heteroatoms. The monoisotopic (exact) mass is 190 g/mol. The molecule has 2 N–H and O–H groups in total. The Labute approximate surface area is 85.5 Å². The minimum atomic E-state index is 0.0751. The number of hydrogen-bond donors (Lipinski definition) is 1. The van der Waals surface area contributed by atoms with E-state index in [2.05, 4.69) is 24.0 Å². The molecule has 76 valence electrons. The van der Waals surface area contributed by atoms with Gasteiger partial charge in [-0.2, -0.15) is 0 Å². The van der Waals surface area contributed by atoms with Crippen molar-refractivity contribution >= 4 is 0 Å². The molecule has 0 saturated heterocycles. The van der Waals surface area contributed by atoms with Crippen molar-refractivity contribution in [1.82, 2.24) is 4.98 Å². The lowest BCUT2D eigenvalue weighted by atomic mass is 9.88. The molecular formula is C12H18N2. The lowest BCUT2D eigenvalue weighted by molar-refractivity contribution is 0.504. The molecule has 0 spiro atoms. The minimum Gasteiger partial charge on any atom is -0.325 e. The summed E-state index contributed by atoms with van der Waals surface area (Å²) >= 11 is 0. The maximum Gasteiger partial charge on any atom is 0.0372 e. The number of aryl methyl sites for hydroxylation is 1. The fraction of sp³-hybridized carbons (Fsp3) is 0.583. The van der Waals surface area contributed by atoms with Crippen molar-refractivity contribution in [1.29, 1.82) is 0 Å². The summed E-state index contributed by atoms with van der Waals surface area (Å²) in [7, 11) is 0. The van der Waals surface area contributed by atoms with Gasteiger partial charge in [0, 0.05) is 23.3 Å².